The van der Waals surface area contributed by atoms with Gasteiger partial charge in [0, 0.05) is 12.2 Å². The molecule has 0 heterocycles. The maximum atomic E-state index is 10.7. The van der Waals surface area contributed by atoms with E-state index < -0.39 is 54.0 Å². The number of unbranched alkanes of at least 4 members (excludes halogenated alkanes) is 30. The summed E-state index contributed by atoms with van der Waals surface area (Å²) in [6, 6.07) is 12.6. The van der Waals surface area contributed by atoms with Gasteiger partial charge in [-0.1, -0.05) is 332 Å². The topological polar surface area (TPSA) is 261 Å². The van der Waals surface area contributed by atoms with Crippen LogP contribution in [0.25, 0.3) is 0 Å². The lowest BCUT2D eigenvalue weighted by Gasteiger charge is -2.43. The number of hydrogen-bond donors (Lipinski definition) is 12. The van der Waals surface area contributed by atoms with Gasteiger partial charge in [-0.05, 0) is 56.8 Å². The Morgan fingerprint density at radius 2 is 0.567 bits per heavy atom. The Morgan fingerprint density at radius 1 is 0.333 bits per heavy atom. The minimum atomic E-state index is -2.62. The van der Waals surface area contributed by atoms with E-state index in [2.05, 4.69) is 133 Å². The number of ether oxygens (including phenoxy) is 2. The van der Waals surface area contributed by atoms with Crippen LogP contribution in [0.1, 0.15) is 343 Å². The summed E-state index contributed by atoms with van der Waals surface area (Å²) in [5.41, 5.74) is 2.06. The molecule has 0 aliphatic heterocycles. The zero-order valence-corrected chi connectivity index (χ0v) is 61.8. The minimum absolute atomic E-state index is 0.210. The van der Waals surface area contributed by atoms with E-state index in [0.29, 0.717) is 6.61 Å². The van der Waals surface area contributed by atoms with Crippen LogP contribution in [0.3, 0.4) is 0 Å². The van der Waals surface area contributed by atoms with Crippen LogP contribution in [0.4, 0.5) is 0 Å². The first-order valence-electron chi connectivity index (χ1n) is 35.4. The molecule has 14 nitrogen and oxygen atoms in total. The van der Waals surface area contributed by atoms with Crippen molar-refractivity contribution in [1.82, 2.24) is 0 Å². The molecule has 0 fully saturated rings. The zero-order valence-electron chi connectivity index (χ0n) is 60.0. The summed E-state index contributed by atoms with van der Waals surface area (Å²) < 4.78 is 13.4. The molecule has 12 N–H and O–H groups in total. The Labute approximate surface area is 553 Å². The second kappa shape index (κ2) is 51.8. The van der Waals surface area contributed by atoms with Gasteiger partial charge < -0.3 is 69.5 Å². The molecule has 0 bridgehead atoms. The molecule has 2 aromatic rings. The Morgan fingerprint density at radius 3 is 0.811 bits per heavy atom. The highest BCUT2D eigenvalue weighted by atomic mass is 31.2. The van der Waals surface area contributed by atoms with Gasteiger partial charge in [0.15, 0.2) is 0 Å². The lowest BCUT2D eigenvalue weighted by atomic mass is 9.69. The molecule has 0 saturated carbocycles. The molecule has 532 valence electrons. The average Bonchev–Trinajstić information content (AvgIpc) is 0.763. The summed E-state index contributed by atoms with van der Waals surface area (Å²) in [4.78, 5) is 43.4. The van der Waals surface area contributed by atoms with Gasteiger partial charge in [0.1, 0.15) is 11.9 Å². The summed E-state index contributed by atoms with van der Waals surface area (Å²) in [7, 11) is -5.24. The minimum Gasteiger partial charge on any atom is -0.484 e. The van der Waals surface area contributed by atoms with Gasteiger partial charge in [0.25, 0.3) is 0 Å². The molecule has 2 rings (SSSR count). The normalized spacial score (nSPS) is 13.2. The number of aliphatic hydroxyl groups is 6. The third kappa shape index (κ3) is 40.2. The Bertz CT molecular complexity index is 1870. The summed E-state index contributed by atoms with van der Waals surface area (Å²) in [5, 5.41) is 62.3. The van der Waals surface area contributed by atoms with E-state index in [4.69, 9.17) is 38.8 Å². The highest BCUT2D eigenvalue weighted by Gasteiger charge is 2.46. The van der Waals surface area contributed by atoms with Crippen LogP contribution in [0, 0.1) is 10.8 Å². The van der Waals surface area contributed by atoms with Crippen LogP contribution in [0.2, 0.25) is 0 Å². The van der Waals surface area contributed by atoms with Gasteiger partial charge in [-0.25, -0.2) is 0 Å². The van der Waals surface area contributed by atoms with Crippen molar-refractivity contribution >= 4 is 17.2 Å². The maximum Gasteiger partial charge on any atom is 0.324 e. The van der Waals surface area contributed by atoms with E-state index in [-0.39, 0.29) is 47.6 Å². The summed E-state index contributed by atoms with van der Waals surface area (Å²) in [6.45, 7) is 29.2. The molecule has 0 amide bonds. The molecule has 90 heavy (non-hydrogen) atoms. The SMILES string of the molecule is CC(C)(C)c1cccc(C(C)(C)C)c1OC(c1c(C(C)(C)C)cccc1C(C)(C)C)C(CO)(CO)CO.CCCCCCCCCCCCCCCCCCOC(CCCCCCCCCCCCCCCCCC)C(CO)(CO)CO.OP(O)O.OP(O)O. The highest BCUT2D eigenvalue weighted by molar-refractivity contribution is 7.38. The number of para-hydroxylation sites is 1. The molecule has 2 atom stereocenters. The van der Waals surface area contributed by atoms with Crippen molar-refractivity contribution < 1.29 is 69.5 Å². The number of rotatable bonds is 46. The molecule has 0 spiro atoms. The smallest absolute Gasteiger partial charge is 0.324 e. The number of aliphatic hydroxyl groups excluding tert-OH is 6. The molecule has 0 aliphatic rings. The third-order valence-corrected chi connectivity index (χ3v) is 17.6. The van der Waals surface area contributed by atoms with E-state index in [1.54, 1.807) is 0 Å². The van der Waals surface area contributed by atoms with Gasteiger partial charge in [-0.2, -0.15) is 0 Å². The van der Waals surface area contributed by atoms with Crippen LogP contribution < -0.4 is 4.74 Å². The van der Waals surface area contributed by atoms with Crippen molar-refractivity contribution in [2.45, 2.75) is 343 Å². The number of hydrogen-bond acceptors (Lipinski definition) is 14. The fourth-order valence-electron chi connectivity index (χ4n) is 11.8. The van der Waals surface area contributed by atoms with Gasteiger partial charge >= 0.3 is 17.2 Å². The summed E-state index contributed by atoms with van der Waals surface area (Å²) >= 11 is 0. The van der Waals surface area contributed by atoms with Crippen LogP contribution >= 0.6 is 17.2 Å². The first kappa shape index (κ1) is 90.6. The van der Waals surface area contributed by atoms with E-state index in [9.17, 15) is 30.6 Å². The maximum absolute atomic E-state index is 10.7. The number of benzene rings is 2. The highest BCUT2D eigenvalue weighted by Crippen LogP contribution is 2.49. The predicted molar refractivity (Wildman–Crippen MR) is 379 cm³/mol. The third-order valence-electron chi connectivity index (χ3n) is 17.6. The van der Waals surface area contributed by atoms with Crippen molar-refractivity contribution in [3.8, 4) is 5.75 Å². The molecule has 0 aromatic heterocycles. The van der Waals surface area contributed by atoms with Gasteiger partial charge in [0.05, 0.1) is 56.6 Å². The van der Waals surface area contributed by atoms with Crippen LogP contribution in [-0.4, -0.2) is 112 Å². The van der Waals surface area contributed by atoms with Crippen LogP contribution in [0.15, 0.2) is 36.4 Å². The molecule has 0 saturated heterocycles. The molecule has 0 radical (unpaired) electrons. The van der Waals surface area contributed by atoms with Gasteiger partial charge in [0.2, 0.25) is 0 Å². The molecule has 0 aliphatic carbocycles. The van der Waals surface area contributed by atoms with E-state index in [1.165, 1.54) is 186 Å². The first-order chi connectivity index (χ1) is 42.4. The van der Waals surface area contributed by atoms with Crippen molar-refractivity contribution in [1.29, 1.82) is 0 Å². The van der Waals surface area contributed by atoms with Crippen molar-refractivity contribution in [3.63, 3.8) is 0 Å². The van der Waals surface area contributed by atoms with Gasteiger partial charge in [-0.3, -0.25) is 0 Å². The monoisotopic (exact) mass is 1320 g/mol. The summed E-state index contributed by atoms with van der Waals surface area (Å²) in [6.07, 6.45) is 42.9. The Hall–Kier alpha value is -1.42. The standard InChI is InChI=1S/C41H84O4.C33H52O4.2H3O3P/c1-3-5-7-9-11-13-15-17-19-21-23-25-27-29-31-33-35-40(41(37-42,38-43)39-44)45-36-34-32-30-28-26-24-22-20-18-16-14-12-10-8-6-4-2;1-29(2,3)22-15-13-16-23(30(4,5)6)26(22)28(33(19-34,20-35)21-36)37-27-24(31(7,8)9)17-14-18-25(27)32(10,11)12;2*1-4(2)3/h40,42-44H,3-39H2,1-2H3;13-18,28,34-36H,19-21H2,1-12H3;2*1-3H. The second-order valence-corrected chi connectivity index (χ2v) is 31.0. The lowest BCUT2D eigenvalue weighted by molar-refractivity contribution is -0.117. The second-order valence-electron chi connectivity index (χ2n) is 29.9. The van der Waals surface area contributed by atoms with Gasteiger partial charge in [-0.15, -0.1) is 0 Å². The van der Waals surface area contributed by atoms with E-state index in [1.807, 2.05) is 0 Å². The molecule has 2 unspecified atom stereocenters. The van der Waals surface area contributed by atoms with E-state index >= 15 is 0 Å². The first-order valence-corrected chi connectivity index (χ1v) is 37.8. The zero-order chi connectivity index (χ0) is 68.7. The summed E-state index contributed by atoms with van der Waals surface area (Å²) in [5.74, 6) is 0.760. The quantitative estimate of drug-likeness (QED) is 0.0217. The van der Waals surface area contributed by atoms with E-state index in [0.717, 1.165) is 59.3 Å². The molecular formula is C74H142O14P2. The van der Waals surface area contributed by atoms with Crippen molar-refractivity contribution in [2.75, 3.05) is 46.2 Å². The Balaban J connectivity index is 0. The van der Waals surface area contributed by atoms with Crippen molar-refractivity contribution in [2.24, 2.45) is 10.8 Å². The lowest BCUT2D eigenvalue weighted by Crippen LogP contribution is -2.46. The van der Waals surface area contributed by atoms with Crippen LogP contribution in [-0.2, 0) is 26.4 Å². The Kier molecular flexibility index (Phi) is 52.2. The van der Waals surface area contributed by atoms with Crippen LogP contribution in [0.5, 0.6) is 5.75 Å². The fraction of sp³-hybridized carbons (Fsp3) is 0.838. The molecular weight excluding hydrogens is 1170 g/mol. The van der Waals surface area contributed by atoms with Crippen molar-refractivity contribution in [3.05, 3.63) is 64.2 Å². The average molecular weight is 1320 g/mol. The predicted octanol–water partition coefficient (Wildman–Crippen LogP) is 17.6. The fourth-order valence-corrected chi connectivity index (χ4v) is 11.8. The molecule has 2 aromatic carbocycles. The molecule has 16 heteroatoms. The largest absolute Gasteiger partial charge is 0.484 e.